The third-order valence-electron chi connectivity index (χ3n) is 3.41. The molecular formula is C16H27NO4S. The summed E-state index contributed by atoms with van der Waals surface area (Å²) in [5.41, 5.74) is 1.33. The van der Waals surface area contributed by atoms with Gasteiger partial charge in [0.25, 0.3) is 0 Å². The quantitative estimate of drug-likeness (QED) is 0.781. The Morgan fingerprint density at radius 3 is 2.32 bits per heavy atom. The van der Waals surface area contributed by atoms with Crippen molar-refractivity contribution >= 4 is 10.0 Å². The van der Waals surface area contributed by atoms with Gasteiger partial charge in [-0.05, 0) is 36.5 Å². The maximum Gasteiger partial charge on any atom is 0.240 e. The Hall–Kier alpha value is -1.11. The van der Waals surface area contributed by atoms with E-state index >= 15 is 0 Å². The van der Waals surface area contributed by atoms with Gasteiger partial charge in [-0.1, -0.05) is 20.8 Å². The van der Waals surface area contributed by atoms with E-state index in [4.69, 9.17) is 9.47 Å². The molecule has 0 atom stereocenters. The van der Waals surface area contributed by atoms with Crippen LogP contribution < -0.4 is 9.46 Å². The highest BCUT2D eigenvalue weighted by atomic mass is 32.2. The van der Waals surface area contributed by atoms with Gasteiger partial charge in [0.2, 0.25) is 10.0 Å². The summed E-state index contributed by atoms with van der Waals surface area (Å²) < 4.78 is 38.0. The molecule has 1 aromatic carbocycles. The lowest BCUT2D eigenvalue weighted by atomic mass is 9.86. The predicted octanol–water partition coefficient (Wildman–Crippen LogP) is 2.62. The average molecular weight is 329 g/mol. The first-order valence-corrected chi connectivity index (χ1v) is 8.79. The largest absolute Gasteiger partial charge is 0.496 e. The smallest absolute Gasteiger partial charge is 0.240 e. The van der Waals surface area contributed by atoms with Crippen molar-refractivity contribution in [3.05, 3.63) is 23.3 Å². The fraction of sp³-hybridized carbons (Fsp3) is 0.625. The lowest BCUT2D eigenvalue weighted by Gasteiger charge is -2.24. The van der Waals surface area contributed by atoms with E-state index in [0.29, 0.717) is 35.8 Å². The van der Waals surface area contributed by atoms with Gasteiger partial charge in [0.1, 0.15) is 5.75 Å². The zero-order valence-corrected chi connectivity index (χ0v) is 15.1. The molecule has 126 valence electrons. The Morgan fingerprint density at radius 1 is 1.18 bits per heavy atom. The summed E-state index contributed by atoms with van der Waals surface area (Å²) in [5.74, 6) is 0.711. The van der Waals surface area contributed by atoms with Crippen molar-refractivity contribution < 1.29 is 17.9 Å². The topological polar surface area (TPSA) is 64.6 Å². The van der Waals surface area contributed by atoms with Gasteiger partial charge in [-0.25, -0.2) is 13.1 Å². The molecule has 0 spiro atoms. The van der Waals surface area contributed by atoms with Crippen molar-refractivity contribution in [2.75, 3.05) is 27.4 Å². The monoisotopic (exact) mass is 329 g/mol. The van der Waals surface area contributed by atoms with Gasteiger partial charge in [0, 0.05) is 25.8 Å². The summed E-state index contributed by atoms with van der Waals surface area (Å²) in [7, 11) is -0.347. The molecule has 22 heavy (non-hydrogen) atoms. The predicted molar refractivity (Wildman–Crippen MR) is 88.1 cm³/mol. The molecule has 1 N–H and O–H groups in total. The Balaban J connectivity index is 3.19. The SMILES string of the molecule is COCCCNS(=O)(=O)c1cc(C(C)(C)C)c(OC)cc1C. The van der Waals surface area contributed by atoms with E-state index in [1.165, 1.54) is 0 Å². The second kappa shape index (κ2) is 7.44. The fourth-order valence-electron chi connectivity index (χ4n) is 2.21. The molecule has 0 fully saturated rings. The minimum absolute atomic E-state index is 0.209. The first-order chi connectivity index (χ1) is 10.1. The number of hydrogen-bond acceptors (Lipinski definition) is 4. The van der Waals surface area contributed by atoms with Crippen molar-refractivity contribution in [1.29, 1.82) is 0 Å². The molecule has 0 aliphatic heterocycles. The first-order valence-electron chi connectivity index (χ1n) is 7.31. The Bertz CT molecular complexity index is 603. The van der Waals surface area contributed by atoms with Crippen molar-refractivity contribution in [3.8, 4) is 5.75 Å². The average Bonchev–Trinajstić information content (AvgIpc) is 2.41. The third-order valence-corrected chi connectivity index (χ3v) is 5.01. The van der Waals surface area contributed by atoms with E-state index < -0.39 is 10.0 Å². The van der Waals surface area contributed by atoms with E-state index in [0.717, 1.165) is 5.56 Å². The number of nitrogens with one attached hydrogen (secondary N) is 1. The van der Waals surface area contributed by atoms with Gasteiger partial charge >= 0.3 is 0 Å². The highest BCUT2D eigenvalue weighted by molar-refractivity contribution is 7.89. The molecule has 0 bridgehead atoms. The molecule has 0 aromatic heterocycles. The summed E-state index contributed by atoms with van der Waals surface area (Å²) in [5, 5.41) is 0. The van der Waals surface area contributed by atoms with Crippen LogP contribution in [-0.2, 0) is 20.2 Å². The van der Waals surface area contributed by atoms with E-state index in [-0.39, 0.29) is 5.41 Å². The summed E-state index contributed by atoms with van der Waals surface area (Å²) in [6.07, 6.45) is 0.636. The van der Waals surface area contributed by atoms with Gasteiger partial charge in [0.05, 0.1) is 12.0 Å². The minimum Gasteiger partial charge on any atom is -0.496 e. The highest BCUT2D eigenvalue weighted by Gasteiger charge is 2.25. The fourth-order valence-corrected chi connectivity index (χ4v) is 3.53. The van der Waals surface area contributed by atoms with E-state index in [2.05, 4.69) is 4.72 Å². The van der Waals surface area contributed by atoms with E-state index in [1.807, 2.05) is 20.8 Å². The van der Waals surface area contributed by atoms with Crippen molar-refractivity contribution in [2.45, 2.75) is 44.4 Å². The molecule has 0 unspecified atom stereocenters. The molecule has 1 aromatic rings. The second-order valence-corrected chi connectivity index (χ2v) is 8.05. The number of sulfonamides is 1. The molecular weight excluding hydrogens is 302 g/mol. The number of ether oxygens (including phenoxy) is 2. The summed E-state index contributed by atoms with van der Waals surface area (Å²) in [6.45, 7) is 8.75. The Labute approximate surface area is 134 Å². The van der Waals surface area contributed by atoms with Crippen LogP contribution in [0, 0.1) is 6.92 Å². The Kier molecular flexibility index (Phi) is 6.40. The molecule has 6 heteroatoms. The first kappa shape index (κ1) is 18.9. The van der Waals surface area contributed by atoms with Crippen LogP contribution in [-0.4, -0.2) is 35.8 Å². The number of methoxy groups -OCH3 is 2. The summed E-state index contributed by atoms with van der Waals surface area (Å²) in [6, 6.07) is 3.50. The molecule has 0 heterocycles. The zero-order valence-electron chi connectivity index (χ0n) is 14.3. The van der Waals surface area contributed by atoms with Gasteiger partial charge in [-0.15, -0.1) is 0 Å². The molecule has 0 aliphatic carbocycles. The van der Waals surface area contributed by atoms with Crippen molar-refractivity contribution in [2.24, 2.45) is 0 Å². The molecule has 5 nitrogen and oxygen atoms in total. The number of rotatable bonds is 7. The molecule has 0 amide bonds. The maximum absolute atomic E-state index is 12.5. The zero-order chi connectivity index (χ0) is 17.0. The van der Waals surface area contributed by atoms with Crippen LogP contribution in [0.15, 0.2) is 17.0 Å². The van der Waals surface area contributed by atoms with E-state index in [1.54, 1.807) is 33.3 Å². The maximum atomic E-state index is 12.5. The normalized spacial score (nSPS) is 12.5. The summed E-state index contributed by atoms with van der Waals surface area (Å²) >= 11 is 0. The summed E-state index contributed by atoms with van der Waals surface area (Å²) in [4.78, 5) is 0.302. The van der Waals surface area contributed by atoms with Crippen LogP contribution in [0.5, 0.6) is 5.75 Å². The number of aryl methyl sites for hydroxylation is 1. The lowest BCUT2D eigenvalue weighted by molar-refractivity contribution is 0.196. The van der Waals surface area contributed by atoms with Crippen molar-refractivity contribution in [3.63, 3.8) is 0 Å². The van der Waals surface area contributed by atoms with Gasteiger partial charge < -0.3 is 9.47 Å². The van der Waals surface area contributed by atoms with Crippen LogP contribution in [0.4, 0.5) is 0 Å². The van der Waals surface area contributed by atoms with Crippen molar-refractivity contribution in [1.82, 2.24) is 4.72 Å². The highest BCUT2D eigenvalue weighted by Crippen LogP contribution is 2.34. The number of hydrogen-bond donors (Lipinski definition) is 1. The van der Waals surface area contributed by atoms with E-state index in [9.17, 15) is 8.42 Å². The third kappa shape index (κ3) is 4.69. The van der Waals surface area contributed by atoms with Crippen LogP contribution >= 0.6 is 0 Å². The molecule has 0 aliphatic rings. The number of benzene rings is 1. The van der Waals surface area contributed by atoms with Gasteiger partial charge in [-0.2, -0.15) is 0 Å². The van der Waals surface area contributed by atoms with Crippen LogP contribution in [0.3, 0.4) is 0 Å². The lowest BCUT2D eigenvalue weighted by Crippen LogP contribution is -2.27. The van der Waals surface area contributed by atoms with Crippen LogP contribution in [0.25, 0.3) is 0 Å². The standard InChI is InChI=1S/C16H27NO4S/c1-12-10-14(21-6)13(16(2,3)4)11-15(12)22(18,19)17-8-7-9-20-5/h10-11,17H,7-9H2,1-6H3. The van der Waals surface area contributed by atoms with Gasteiger partial charge in [0.15, 0.2) is 0 Å². The Morgan fingerprint density at radius 2 is 1.82 bits per heavy atom. The van der Waals surface area contributed by atoms with Crippen LogP contribution in [0.2, 0.25) is 0 Å². The minimum atomic E-state index is -3.54. The molecule has 0 saturated carbocycles. The molecule has 0 saturated heterocycles. The molecule has 0 radical (unpaired) electrons. The second-order valence-electron chi connectivity index (χ2n) is 6.31. The molecule has 1 rings (SSSR count). The van der Waals surface area contributed by atoms with Gasteiger partial charge in [-0.3, -0.25) is 0 Å². The van der Waals surface area contributed by atoms with Crippen LogP contribution in [0.1, 0.15) is 38.3 Å².